The lowest BCUT2D eigenvalue weighted by Gasteiger charge is -2.19. The smallest absolute Gasteiger partial charge is 0.334 e. The van der Waals surface area contributed by atoms with Crippen molar-refractivity contribution in [3.8, 4) is 0 Å². The molecule has 0 fully saturated rings. The molecule has 27 heavy (non-hydrogen) atoms. The lowest BCUT2D eigenvalue weighted by molar-refractivity contribution is -0.138. The Labute approximate surface area is 151 Å². The molecule has 9 heteroatoms. The van der Waals surface area contributed by atoms with Gasteiger partial charge in [0, 0.05) is 20.1 Å². The molecule has 2 aromatic carbocycles. The quantitative estimate of drug-likeness (QED) is 0.727. The minimum absolute atomic E-state index is 0.0482. The van der Waals surface area contributed by atoms with Gasteiger partial charge in [-0.1, -0.05) is 24.3 Å². The number of hydrogen-bond acceptors (Lipinski definition) is 1. The Kier molecular flexibility index (Phi) is 6.02. The number of amides is 2. The fourth-order valence-corrected chi connectivity index (χ4v) is 2.32. The molecular weight excluding hydrogens is 374 g/mol. The zero-order valence-corrected chi connectivity index (χ0v) is 14.2. The van der Waals surface area contributed by atoms with E-state index < -0.39 is 29.5 Å². The monoisotopic (exact) mass is 390 g/mol. The highest BCUT2D eigenvalue weighted by atomic mass is 19.4. The van der Waals surface area contributed by atoms with Gasteiger partial charge in [0.1, 0.15) is 0 Å². The fourth-order valence-electron chi connectivity index (χ4n) is 2.32. The van der Waals surface area contributed by atoms with Gasteiger partial charge in [0.2, 0.25) is 0 Å². The second kappa shape index (κ2) is 7.89. The van der Waals surface area contributed by atoms with Crippen LogP contribution in [-0.2, 0) is 25.4 Å². The number of nitrogens with one attached hydrogen (secondary N) is 1. The van der Waals surface area contributed by atoms with Crippen molar-refractivity contribution in [1.82, 2.24) is 10.2 Å². The fraction of sp³-hybridized carbons (Fsp3) is 0.278. The Morgan fingerprint density at radius 2 is 1.48 bits per heavy atom. The van der Waals surface area contributed by atoms with E-state index in [0.29, 0.717) is 5.56 Å². The SMILES string of the molecule is CN(Cc1ccc(C(F)(F)F)cc1)C(=O)NCc1cccc(C(F)(F)F)c1. The normalized spacial score (nSPS) is 12.0. The Hall–Kier alpha value is -2.71. The number of carbonyl (C=O) groups excluding carboxylic acids is 1. The van der Waals surface area contributed by atoms with Crippen LogP contribution in [0.3, 0.4) is 0 Å². The van der Waals surface area contributed by atoms with Gasteiger partial charge in [-0.15, -0.1) is 0 Å². The molecule has 2 amide bonds. The van der Waals surface area contributed by atoms with Crippen molar-refractivity contribution in [3.05, 3.63) is 70.8 Å². The lowest BCUT2D eigenvalue weighted by Crippen LogP contribution is -2.36. The summed E-state index contributed by atoms with van der Waals surface area (Å²) in [6, 6.07) is 8.37. The zero-order chi connectivity index (χ0) is 20.2. The standard InChI is InChI=1S/C18H16F6N2O/c1-26(11-12-5-7-14(8-6-12)17(19,20)21)16(27)25-10-13-3-2-4-15(9-13)18(22,23)24/h2-9H,10-11H2,1H3,(H,25,27). The Morgan fingerprint density at radius 3 is 2.04 bits per heavy atom. The predicted octanol–water partition coefficient (Wildman–Crippen LogP) is 5.07. The first-order valence-electron chi connectivity index (χ1n) is 7.78. The van der Waals surface area contributed by atoms with Crippen LogP contribution < -0.4 is 5.32 Å². The summed E-state index contributed by atoms with van der Waals surface area (Å²) in [4.78, 5) is 13.3. The van der Waals surface area contributed by atoms with Gasteiger partial charge in [-0.2, -0.15) is 26.3 Å². The first-order valence-corrected chi connectivity index (χ1v) is 7.78. The molecule has 0 aliphatic heterocycles. The van der Waals surface area contributed by atoms with Crippen molar-refractivity contribution in [2.45, 2.75) is 25.4 Å². The first-order chi connectivity index (χ1) is 12.5. The van der Waals surface area contributed by atoms with Gasteiger partial charge in [-0.25, -0.2) is 4.79 Å². The topological polar surface area (TPSA) is 32.3 Å². The molecule has 0 aliphatic rings. The van der Waals surface area contributed by atoms with E-state index in [-0.39, 0.29) is 18.7 Å². The molecule has 2 aromatic rings. The molecule has 0 aliphatic carbocycles. The van der Waals surface area contributed by atoms with Crippen molar-refractivity contribution in [3.63, 3.8) is 0 Å². The van der Waals surface area contributed by atoms with Crippen molar-refractivity contribution < 1.29 is 31.1 Å². The van der Waals surface area contributed by atoms with Gasteiger partial charge in [0.25, 0.3) is 0 Å². The van der Waals surface area contributed by atoms with Crippen LogP contribution in [0, 0.1) is 0 Å². The van der Waals surface area contributed by atoms with Crippen molar-refractivity contribution in [2.75, 3.05) is 7.05 Å². The van der Waals surface area contributed by atoms with E-state index in [1.807, 2.05) is 0 Å². The van der Waals surface area contributed by atoms with E-state index >= 15 is 0 Å². The van der Waals surface area contributed by atoms with Crippen LogP contribution in [0.4, 0.5) is 31.1 Å². The highest BCUT2D eigenvalue weighted by Gasteiger charge is 2.31. The summed E-state index contributed by atoms with van der Waals surface area (Å²) in [7, 11) is 1.43. The van der Waals surface area contributed by atoms with Crippen molar-refractivity contribution in [2.24, 2.45) is 0 Å². The van der Waals surface area contributed by atoms with Gasteiger partial charge >= 0.3 is 18.4 Å². The van der Waals surface area contributed by atoms with Crippen LogP contribution in [-0.4, -0.2) is 18.0 Å². The minimum Gasteiger partial charge on any atom is -0.334 e. The summed E-state index contributed by atoms with van der Waals surface area (Å²) < 4.78 is 75.6. The lowest BCUT2D eigenvalue weighted by atomic mass is 10.1. The van der Waals surface area contributed by atoms with Gasteiger partial charge in [-0.3, -0.25) is 0 Å². The van der Waals surface area contributed by atoms with Crippen molar-refractivity contribution in [1.29, 1.82) is 0 Å². The number of hydrogen-bond donors (Lipinski definition) is 1. The molecule has 3 nitrogen and oxygen atoms in total. The number of urea groups is 1. The molecule has 0 aromatic heterocycles. The third-order valence-corrected chi connectivity index (χ3v) is 3.75. The molecular formula is C18H16F6N2O. The molecule has 1 N–H and O–H groups in total. The van der Waals surface area contributed by atoms with E-state index in [1.54, 1.807) is 0 Å². The number of halogens is 6. The third kappa shape index (κ3) is 5.90. The zero-order valence-electron chi connectivity index (χ0n) is 14.2. The van der Waals surface area contributed by atoms with Gasteiger partial charge in [-0.05, 0) is 35.4 Å². The van der Waals surface area contributed by atoms with Gasteiger partial charge in [0.15, 0.2) is 0 Å². The highest BCUT2D eigenvalue weighted by molar-refractivity contribution is 5.73. The second-order valence-electron chi connectivity index (χ2n) is 5.91. The van der Waals surface area contributed by atoms with Crippen LogP contribution in [0.1, 0.15) is 22.3 Å². The maximum atomic E-state index is 12.7. The Bertz CT molecular complexity index is 784. The number of benzene rings is 2. The molecule has 0 unspecified atom stereocenters. The van der Waals surface area contributed by atoms with Crippen LogP contribution >= 0.6 is 0 Å². The number of carbonyl (C=O) groups is 1. The van der Waals surface area contributed by atoms with Gasteiger partial charge < -0.3 is 10.2 Å². The second-order valence-corrected chi connectivity index (χ2v) is 5.91. The van der Waals surface area contributed by atoms with Crippen molar-refractivity contribution >= 4 is 6.03 Å². The molecule has 146 valence electrons. The van der Waals surface area contributed by atoms with Gasteiger partial charge in [0.05, 0.1) is 11.1 Å². The summed E-state index contributed by atoms with van der Waals surface area (Å²) in [5.74, 6) is 0. The minimum atomic E-state index is -4.47. The van der Waals surface area contributed by atoms with E-state index in [2.05, 4.69) is 5.32 Å². The molecule has 2 rings (SSSR count). The van der Waals surface area contributed by atoms with E-state index in [4.69, 9.17) is 0 Å². The molecule has 0 saturated heterocycles. The summed E-state index contributed by atoms with van der Waals surface area (Å²) in [5.41, 5.74) is -0.837. The number of nitrogens with zero attached hydrogens (tertiary/aromatic N) is 1. The maximum Gasteiger partial charge on any atom is 0.416 e. The summed E-state index contributed by atoms with van der Waals surface area (Å²) in [5, 5.41) is 2.47. The molecule has 0 bridgehead atoms. The predicted molar refractivity (Wildman–Crippen MR) is 86.6 cm³/mol. The molecule has 0 spiro atoms. The first kappa shape index (κ1) is 20.6. The van der Waals surface area contributed by atoms with E-state index in [1.165, 1.54) is 36.2 Å². The summed E-state index contributed by atoms with van der Waals surface area (Å²) in [6.07, 6.45) is -8.91. The maximum absolute atomic E-state index is 12.7. The Morgan fingerprint density at radius 1 is 0.889 bits per heavy atom. The van der Waals surface area contributed by atoms with Crippen LogP contribution in [0.15, 0.2) is 48.5 Å². The van der Waals surface area contributed by atoms with E-state index in [0.717, 1.165) is 24.3 Å². The largest absolute Gasteiger partial charge is 0.416 e. The molecule has 0 radical (unpaired) electrons. The van der Waals surface area contributed by atoms with Crippen LogP contribution in [0.25, 0.3) is 0 Å². The number of alkyl halides is 6. The molecule has 0 heterocycles. The average molecular weight is 390 g/mol. The average Bonchev–Trinajstić information content (AvgIpc) is 2.59. The van der Waals surface area contributed by atoms with E-state index in [9.17, 15) is 31.1 Å². The van der Waals surface area contributed by atoms with Crippen LogP contribution in [0.5, 0.6) is 0 Å². The third-order valence-electron chi connectivity index (χ3n) is 3.75. The summed E-state index contributed by atoms with van der Waals surface area (Å²) in [6.45, 7) is -0.0628. The number of rotatable bonds is 4. The summed E-state index contributed by atoms with van der Waals surface area (Å²) >= 11 is 0. The molecule has 0 saturated carbocycles. The van der Waals surface area contributed by atoms with Crippen LogP contribution in [0.2, 0.25) is 0 Å². The molecule has 0 atom stereocenters. The highest BCUT2D eigenvalue weighted by Crippen LogP contribution is 2.30. The Balaban J connectivity index is 1.92.